The molecule has 1 heterocycles. The zero-order valence-corrected chi connectivity index (χ0v) is 11.7. The first-order valence-corrected chi connectivity index (χ1v) is 7.10. The van der Waals surface area contributed by atoms with Crippen LogP contribution in [0.2, 0.25) is 0 Å². The predicted octanol–water partition coefficient (Wildman–Crippen LogP) is 2.93. The van der Waals surface area contributed by atoms with E-state index in [2.05, 4.69) is 18.2 Å². The van der Waals surface area contributed by atoms with Crippen LogP contribution in [0.1, 0.15) is 0 Å². The first kappa shape index (κ1) is 13.1. The molecule has 0 atom stereocenters. The number of hydrogen-bond acceptors (Lipinski definition) is 3. The molecule has 106 valence electrons. The minimum atomic E-state index is -1.49. The lowest BCUT2D eigenvalue weighted by molar-refractivity contribution is 0.425. The summed E-state index contributed by atoms with van der Waals surface area (Å²) in [5.41, 5.74) is 4.16. The average Bonchev–Trinajstić information content (AvgIpc) is 2.92. The largest absolute Gasteiger partial charge is 0.488 e. The van der Waals surface area contributed by atoms with E-state index in [0.29, 0.717) is 11.0 Å². The molecule has 0 radical (unpaired) electrons. The molecule has 0 spiro atoms. The van der Waals surface area contributed by atoms with Gasteiger partial charge in [-0.15, -0.1) is 0 Å². The second kappa shape index (κ2) is 5.02. The third-order valence-corrected chi connectivity index (χ3v) is 3.90. The van der Waals surface area contributed by atoms with Crippen molar-refractivity contribution in [3.05, 3.63) is 66.7 Å². The molecule has 0 fully saturated rings. The summed E-state index contributed by atoms with van der Waals surface area (Å²) in [6.45, 7) is 0. The molecule has 4 heteroatoms. The number of benzene rings is 3. The molecular weight excluding hydrogens is 275 g/mol. The van der Waals surface area contributed by atoms with Gasteiger partial charge in [0.15, 0.2) is 0 Å². The van der Waals surface area contributed by atoms with E-state index in [-0.39, 0.29) is 0 Å². The number of rotatable bonds is 2. The lowest BCUT2D eigenvalue weighted by Gasteiger charge is -2.01. The quantitative estimate of drug-likeness (QED) is 0.558. The zero-order valence-electron chi connectivity index (χ0n) is 11.7. The molecule has 3 nitrogen and oxygen atoms in total. The highest BCUT2D eigenvalue weighted by Crippen LogP contribution is 2.31. The van der Waals surface area contributed by atoms with E-state index in [1.54, 1.807) is 12.1 Å². The molecule has 0 bridgehead atoms. The van der Waals surface area contributed by atoms with Gasteiger partial charge in [-0.05, 0) is 34.8 Å². The third kappa shape index (κ3) is 2.10. The van der Waals surface area contributed by atoms with Crippen LogP contribution < -0.4 is 5.46 Å². The van der Waals surface area contributed by atoms with Crippen LogP contribution in [0, 0.1) is 0 Å². The van der Waals surface area contributed by atoms with E-state index in [1.807, 2.05) is 36.4 Å². The Labute approximate surface area is 127 Å². The van der Waals surface area contributed by atoms with Crippen LogP contribution >= 0.6 is 0 Å². The van der Waals surface area contributed by atoms with Gasteiger partial charge in [0.2, 0.25) is 0 Å². The van der Waals surface area contributed by atoms with Crippen LogP contribution in [0.3, 0.4) is 0 Å². The van der Waals surface area contributed by atoms with Gasteiger partial charge >= 0.3 is 7.12 Å². The Kier molecular flexibility index (Phi) is 3.00. The normalized spacial score (nSPS) is 11.2. The molecule has 2 N–H and O–H groups in total. The molecule has 3 aromatic carbocycles. The average molecular weight is 288 g/mol. The van der Waals surface area contributed by atoms with Crippen LogP contribution in [0.5, 0.6) is 0 Å². The Balaban J connectivity index is 1.94. The van der Waals surface area contributed by atoms with Crippen molar-refractivity contribution in [2.24, 2.45) is 0 Å². The first-order valence-electron chi connectivity index (χ1n) is 7.10. The van der Waals surface area contributed by atoms with Crippen molar-refractivity contribution >= 4 is 34.5 Å². The highest BCUT2D eigenvalue weighted by molar-refractivity contribution is 6.58. The molecular formula is C18H13BO3. The van der Waals surface area contributed by atoms with Gasteiger partial charge < -0.3 is 14.5 Å². The summed E-state index contributed by atoms with van der Waals surface area (Å²) in [6.07, 6.45) is 0. The predicted molar refractivity (Wildman–Crippen MR) is 89.0 cm³/mol. The van der Waals surface area contributed by atoms with Crippen molar-refractivity contribution in [3.63, 3.8) is 0 Å². The molecule has 0 unspecified atom stereocenters. The van der Waals surface area contributed by atoms with Crippen molar-refractivity contribution in [3.8, 4) is 11.1 Å². The maximum atomic E-state index is 9.26. The summed E-state index contributed by atoms with van der Waals surface area (Å²) in [4.78, 5) is 0. The second-order valence-electron chi connectivity index (χ2n) is 5.31. The van der Waals surface area contributed by atoms with Gasteiger partial charge in [0.05, 0.1) is 0 Å². The SMILES string of the molecule is OB(O)c1ccc2c(c1)oc1ccc(-c3ccccc3)cc12. The molecule has 22 heavy (non-hydrogen) atoms. The Morgan fingerprint density at radius 3 is 2.27 bits per heavy atom. The maximum absolute atomic E-state index is 9.26. The van der Waals surface area contributed by atoms with Gasteiger partial charge in [0.25, 0.3) is 0 Å². The number of hydrogen-bond donors (Lipinski definition) is 2. The summed E-state index contributed by atoms with van der Waals surface area (Å²) in [5, 5.41) is 20.5. The van der Waals surface area contributed by atoms with Gasteiger partial charge in [-0.3, -0.25) is 0 Å². The molecule has 0 aliphatic rings. The fourth-order valence-corrected chi connectivity index (χ4v) is 2.76. The molecule has 0 aliphatic heterocycles. The van der Waals surface area contributed by atoms with Crippen LogP contribution in [-0.2, 0) is 0 Å². The Hall–Kier alpha value is -2.56. The van der Waals surface area contributed by atoms with Gasteiger partial charge in [0, 0.05) is 10.8 Å². The van der Waals surface area contributed by atoms with Crippen molar-refractivity contribution < 1.29 is 14.5 Å². The van der Waals surface area contributed by atoms with Crippen molar-refractivity contribution in [1.82, 2.24) is 0 Å². The minimum Gasteiger partial charge on any atom is -0.456 e. The van der Waals surface area contributed by atoms with Gasteiger partial charge in [-0.2, -0.15) is 0 Å². The van der Waals surface area contributed by atoms with E-state index in [9.17, 15) is 10.0 Å². The lowest BCUT2D eigenvalue weighted by atomic mass is 9.80. The Morgan fingerprint density at radius 1 is 0.682 bits per heavy atom. The topological polar surface area (TPSA) is 53.6 Å². The van der Waals surface area contributed by atoms with Crippen LogP contribution in [-0.4, -0.2) is 17.2 Å². The summed E-state index contributed by atoms with van der Waals surface area (Å²) < 4.78 is 5.81. The van der Waals surface area contributed by atoms with Crippen LogP contribution in [0.25, 0.3) is 33.1 Å². The molecule has 0 aliphatic carbocycles. The van der Waals surface area contributed by atoms with E-state index in [4.69, 9.17) is 4.42 Å². The van der Waals surface area contributed by atoms with Gasteiger partial charge in [0.1, 0.15) is 11.2 Å². The smallest absolute Gasteiger partial charge is 0.456 e. The Morgan fingerprint density at radius 2 is 1.50 bits per heavy atom. The van der Waals surface area contributed by atoms with Crippen molar-refractivity contribution in [1.29, 1.82) is 0 Å². The molecule has 4 rings (SSSR count). The fourth-order valence-electron chi connectivity index (χ4n) is 2.76. The first-order chi connectivity index (χ1) is 10.7. The van der Waals surface area contributed by atoms with E-state index >= 15 is 0 Å². The molecule has 0 saturated heterocycles. The van der Waals surface area contributed by atoms with Crippen molar-refractivity contribution in [2.45, 2.75) is 0 Å². The van der Waals surface area contributed by atoms with Crippen LogP contribution in [0.15, 0.2) is 71.1 Å². The van der Waals surface area contributed by atoms with Crippen molar-refractivity contribution in [2.75, 3.05) is 0 Å². The number of fused-ring (bicyclic) bond motifs is 3. The minimum absolute atomic E-state index is 0.426. The zero-order chi connectivity index (χ0) is 15.1. The summed E-state index contributed by atoms with van der Waals surface area (Å²) in [7, 11) is -1.49. The number of furan rings is 1. The van der Waals surface area contributed by atoms with E-state index in [0.717, 1.165) is 27.5 Å². The highest BCUT2D eigenvalue weighted by Gasteiger charge is 2.14. The highest BCUT2D eigenvalue weighted by atomic mass is 16.4. The fraction of sp³-hybridized carbons (Fsp3) is 0. The van der Waals surface area contributed by atoms with E-state index < -0.39 is 7.12 Å². The molecule has 0 amide bonds. The lowest BCUT2D eigenvalue weighted by Crippen LogP contribution is -2.29. The maximum Gasteiger partial charge on any atom is 0.488 e. The molecule has 4 aromatic rings. The van der Waals surface area contributed by atoms with Gasteiger partial charge in [-0.25, -0.2) is 0 Å². The molecule has 1 aromatic heterocycles. The summed E-state index contributed by atoms with van der Waals surface area (Å²) >= 11 is 0. The Bertz CT molecular complexity index is 958. The second-order valence-corrected chi connectivity index (χ2v) is 5.31. The summed E-state index contributed by atoms with van der Waals surface area (Å²) in [6, 6.07) is 21.5. The van der Waals surface area contributed by atoms with Crippen LogP contribution in [0.4, 0.5) is 0 Å². The van der Waals surface area contributed by atoms with Gasteiger partial charge in [-0.1, -0.05) is 48.5 Å². The standard InChI is InChI=1S/C18H13BO3/c20-19(21)14-7-8-15-16-10-13(12-4-2-1-3-5-12)6-9-17(16)22-18(15)11-14/h1-11,20-21H. The third-order valence-electron chi connectivity index (χ3n) is 3.90. The molecule has 0 saturated carbocycles. The summed E-state index contributed by atoms with van der Waals surface area (Å²) in [5.74, 6) is 0. The van der Waals surface area contributed by atoms with E-state index in [1.165, 1.54) is 0 Å². The monoisotopic (exact) mass is 288 g/mol.